The summed E-state index contributed by atoms with van der Waals surface area (Å²) in [6, 6.07) is 13.2. The lowest BCUT2D eigenvalue weighted by Crippen LogP contribution is -2.37. The molecule has 2 aliphatic heterocycles. The molecule has 0 radical (unpaired) electrons. The van der Waals surface area contributed by atoms with Gasteiger partial charge in [-0.05, 0) is 76.1 Å². The van der Waals surface area contributed by atoms with Crippen LogP contribution in [0.25, 0.3) is 0 Å². The molecule has 1 saturated heterocycles. The largest absolute Gasteiger partial charge is 0.493 e. The van der Waals surface area contributed by atoms with Gasteiger partial charge in [0.1, 0.15) is 0 Å². The van der Waals surface area contributed by atoms with E-state index in [1.54, 1.807) is 12.0 Å². The van der Waals surface area contributed by atoms with E-state index in [-0.39, 0.29) is 23.7 Å². The number of hydrogen-bond donors (Lipinski definition) is 1. The van der Waals surface area contributed by atoms with Crippen LogP contribution in [-0.4, -0.2) is 60.3 Å². The van der Waals surface area contributed by atoms with Crippen LogP contribution in [0.15, 0.2) is 47.6 Å². The Morgan fingerprint density at radius 1 is 1.22 bits per heavy atom. The Hall–Kier alpha value is -3.24. The molecule has 0 aliphatic carbocycles. The van der Waals surface area contributed by atoms with Crippen molar-refractivity contribution < 1.29 is 23.8 Å². The maximum Gasteiger partial charge on any atom is 0.415 e. The Balaban J connectivity index is 1.46. The lowest BCUT2D eigenvalue weighted by Gasteiger charge is -2.25. The van der Waals surface area contributed by atoms with E-state index in [9.17, 15) is 9.59 Å². The quantitative estimate of drug-likeness (QED) is 0.478. The number of methoxy groups -OCH3 is 1. The minimum absolute atomic E-state index is 0.00210. The molecule has 1 unspecified atom stereocenters. The Morgan fingerprint density at radius 3 is 2.65 bits per heavy atom. The van der Waals surface area contributed by atoms with E-state index >= 15 is 0 Å². The van der Waals surface area contributed by atoms with Crippen LogP contribution in [-0.2, 0) is 11.3 Å². The molecule has 0 saturated carbocycles. The predicted octanol–water partition coefficient (Wildman–Crippen LogP) is 5.23. The number of thioether (sulfide) groups is 1. The predicted molar refractivity (Wildman–Crippen MR) is 146 cm³/mol. The van der Waals surface area contributed by atoms with Crippen LogP contribution < -0.4 is 19.7 Å². The van der Waals surface area contributed by atoms with Gasteiger partial charge in [0.15, 0.2) is 17.7 Å². The molecule has 2 heterocycles. The maximum atomic E-state index is 12.6. The summed E-state index contributed by atoms with van der Waals surface area (Å²) in [5, 5.41) is 9.20. The van der Waals surface area contributed by atoms with Crippen LogP contribution in [0.4, 0.5) is 15.3 Å². The molecule has 10 heteroatoms. The van der Waals surface area contributed by atoms with Gasteiger partial charge in [0.05, 0.1) is 25.5 Å². The molecule has 2 aliphatic rings. The highest BCUT2D eigenvalue weighted by Gasteiger charge is 2.25. The lowest BCUT2D eigenvalue weighted by atomic mass is 10.1. The number of ether oxygens (including phenoxy) is 3. The van der Waals surface area contributed by atoms with Gasteiger partial charge in [-0.15, -0.1) is 0 Å². The van der Waals surface area contributed by atoms with Crippen LogP contribution >= 0.6 is 11.8 Å². The van der Waals surface area contributed by atoms with E-state index in [0.717, 1.165) is 41.9 Å². The number of amides is 2. The van der Waals surface area contributed by atoms with Crippen LogP contribution in [0, 0.1) is 0 Å². The highest BCUT2D eigenvalue weighted by Crippen LogP contribution is 2.31. The Labute approximate surface area is 222 Å². The fraction of sp³-hybridized carbons (Fsp3) is 0.444. The number of carbonyl (C=O) groups excluding carboxylic acids is 2. The number of benzene rings is 2. The van der Waals surface area contributed by atoms with Crippen molar-refractivity contribution in [1.82, 2.24) is 10.3 Å². The van der Waals surface area contributed by atoms with E-state index in [1.807, 2.05) is 63.2 Å². The molecule has 37 heavy (non-hydrogen) atoms. The SMILES string of the molecule is CCN(C(=O)OC1CCCN1)c1ccc(CN2N=C(c3ccc(OC)c(OC(C)C)c3)CSC2=O)cc1. The van der Waals surface area contributed by atoms with E-state index in [4.69, 9.17) is 14.2 Å². The van der Waals surface area contributed by atoms with Crippen LogP contribution in [0.2, 0.25) is 0 Å². The van der Waals surface area contributed by atoms with Crippen molar-refractivity contribution >= 4 is 34.5 Å². The number of hydrogen-bond acceptors (Lipinski definition) is 8. The van der Waals surface area contributed by atoms with Gasteiger partial charge >= 0.3 is 11.3 Å². The average Bonchev–Trinajstić information content (AvgIpc) is 3.39. The van der Waals surface area contributed by atoms with Gasteiger partial charge in [-0.1, -0.05) is 23.9 Å². The molecule has 2 amide bonds. The highest BCUT2D eigenvalue weighted by molar-refractivity contribution is 8.14. The lowest BCUT2D eigenvalue weighted by molar-refractivity contribution is 0.0960. The van der Waals surface area contributed by atoms with Crippen molar-refractivity contribution in [2.24, 2.45) is 5.10 Å². The Kier molecular flexibility index (Phi) is 8.94. The summed E-state index contributed by atoms with van der Waals surface area (Å²) in [6.07, 6.45) is 1.23. The molecule has 1 N–H and O–H groups in total. The van der Waals surface area contributed by atoms with Crippen molar-refractivity contribution in [3.05, 3.63) is 53.6 Å². The highest BCUT2D eigenvalue weighted by atomic mass is 32.2. The topological polar surface area (TPSA) is 92.7 Å². The summed E-state index contributed by atoms with van der Waals surface area (Å²) in [5.74, 6) is 1.77. The van der Waals surface area contributed by atoms with Crippen LogP contribution in [0.3, 0.4) is 0 Å². The second-order valence-corrected chi connectivity index (χ2v) is 10.00. The van der Waals surface area contributed by atoms with E-state index < -0.39 is 0 Å². The van der Waals surface area contributed by atoms with E-state index in [1.165, 1.54) is 16.8 Å². The summed E-state index contributed by atoms with van der Waals surface area (Å²) in [7, 11) is 1.61. The second-order valence-electron chi connectivity index (χ2n) is 9.07. The summed E-state index contributed by atoms with van der Waals surface area (Å²) >= 11 is 1.22. The maximum absolute atomic E-state index is 12.6. The molecule has 0 spiro atoms. The molecular weight excluding hydrogens is 492 g/mol. The summed E-state index contributed by atoms with van der Waals surface area (Å²) in [6.45, 7) is 7.51. The van der Waals surface area contributed by atoms with Crippen molar-refractivity contribution in [3.8, 4) is 11.5 Å². The summed E-state index contributed by atoms with van der Waals surface area (Å²) in [5.41, 5.74) is 3.32. The van der Waals surface area contributed by atoms with Gasteiger partial charge in [-0.25, -0.2) is 9.80 Å². The van der Waals surface area contributed by atoms with Crippen LogP contribution in [0.5, 0.6) is 11.5 Å². The smallest absolute Gasteiger partial charge is 0.415 e. The number of rotatable bonds is 9. The van der Waals surface area contributed by atoms with Crippen molar-refractivity contribution in [2.75, 3.05) is 30.9 Å². The van der Waals surface area contributed by atoms with Gasteiger partial charge < -0.3 is 14.2 Å². The zero-order chi connectivity index (χ0) is 26.4. The molecule has 2 aromatic carbocycles. The van der Waals surface area contributed by atoms with Gasteiger partial charge in [-0.3, -0.25) is 15.0 Å². The van der Waals surface area contributed by atoms with E-state index in [0.29, 0.717) is 30.3 Å². The molecular formula is C27H34N4O5S. The first-order chi connectivity index (χ1) is 17.9. The molecule has 0 bridgehead atoms. The molecule has 1 fully saturated rings. The number of nitrogens with one attached hydrogen (secondary N) is 1. The van der Waals surface area contributed by atoms with Gasteiger partial charge in [0, 0.05) is 23.5 Å². The second kappa shape index (κ2) is 12.3. The minimum atomic E-state index is -0.369. The Bertz CT molecular complexity index is 1130. The molecule has 1 atom stereocenters. The fourth-order valence-electron chi connectivity index (χ4n) is 4.17. The minimum Gasteiger partial charge on any atom is -0.493 e. The van der Waals surface area contributed by atoms with Gasteiger partial charge in [-0.2, -0.15) is 5.10 Å². The van der Waals surface area contributed by atoms with Gasteiger partial charge in [0.25, 0.3) is 0 Å². The average molecular weight is 527 g/mol. The zero-order valence-corrected chi connectivity index (χ0v) is 22.5. The van der Waals surface area contributed by atoms with Crippen molar-refractivity contribution in [1.29, 1.82) is 0 Å². The molecule has 4 rings (SSSR count). The zero-order valence-electron chi connectivity index (χ0n) is 21.7. The first kappa shape index (κ1) is 26.8. The number of carbonyl (C=O) groups is 2. The third-order valence-corrected chi connectivity index (χ3v) is 6.89. The fourth-order valence-corrected chi connectivity index (χ4v) is 4.91. The standard InChI is InChI=1S/C27H34N4O5S/c1-5-30(26(32)36-25-7-6-14-28-25)21-11-8-19(9-12-21)16-31-27(33)37-17-22(29-31)20-10-13-23(34-4)24(15-20)35-18(2)3/h8-13,15,18,25,28H,5-7,14,16-17H2,1-4H3. The first-order valence-corrected chi connectivity index (χ1v) is 13.5. The normalized spacial score (nSPS) is 17.5. The number of anilines is 1. The van der Waals surface area contributed by atoms with Crippen molar-refractivity contribution in [3.63, 3.8) is 0 Å². The monoisotopic (exact) mass is 526 g/mol. The first-order valence-electron chi connectivity index (χ1n) is 12.5. The molecule has 9 nitrogen and oxygen atoms in total. The number of nitrogens with zero attached hydrogens (tertiary/aromatic N) is 3. The molecule has 198 valence electrons. The third-order valence-electron chi connectivity index (χ3n) is 6.02. The van der Waals surface area contributed by atoms with Gasteiger partial charge in [0.2, 0.25) is 0 Å². The van der Waals surface area contributed by atoms with Crippen molar-refractivity contribution in [2.45, 2.75) is 52.5 Å². The van der Waals surface area contributed by atoms with E-state index in [2.05, 4.69) is 10.4 Å². The van der Waals surface area contributed by atoms with Crippen LogP contribution in [0.1, 0.15) is 44.7 Å². The third kappa shape index (κ3) is 6.75. The number of hydrazone groups is 1. The Morgan fingerprint density at radius 2 is 2.00 bits per heavy atom. The summed E-state index contributed by atoms with van der Waals surface area (Å²) < 4.78 is 16.9. The molecule has 0 aromatic heterocycles. The summed E-state index contributed by atoms with van der Waals surface area (Å²) in [4.78, 5) is 26.9. The molecule has 2 aromatic rings.